The molecule has 0 spiro atoms. The molecular formula is C19H27NO6. The van der Waals surface area contributed by atoms with Crippen LogP contribution in [0.3, 0.4) is 0 Å². The van der Waals surface area contributed by atoms with Crippen LogP contribution < -0.4 is 5.32 Å². The average molecular weight is 365 g/mol. The van der Waals surface area contributed by atoms with Gasteiger partial charge in [0, 0.05) is 6.42 Å². The number of carbonyl (C=O) groups is 3. The molecule has 0 aliphatic rings. The summed E-state index contributed by atoms with van der Waals surface area (Å²) in [6.45, 7) is 4.13. The number of amides is 1. The predicted octanol–water partition coefficient (Wildman–Crippen LogP) is 2.97. The van der Waals surface area contributed by atoms with Gasteiger partial charge in [-0.25, -0.2) is 9.59 Å². The van der Waals surface area contributed by atoms with E-state index in [1.807, 2.05) is 30.3 Å². The molecule has 1 aromatic rings. The van der Waals surface area contributed by atoms with Gasteiger partial charge < -0.3 is 19.5 Å². The van der Waals surface area contributed by atoms with E-state index < -0.39 is 18.1 Å². The Hall–Kier alpha value is -2.57. The second kappa shape index (κ2) is 12.7. The number of carbonyl (C=O) groups excluding carboxylic acids is 3. The van der Waals surface area contributed by atoms with Crippen molar-refractivity contribution in [3.05, 3.63) is 35.9 Å². The highest BCUT2D eigenvalue weighted by atomic mass is 16.6. The molecule has 0 saturated carbocycles. The molecule has 26 heavy (non-hydrogen) atoms. The molecule has 1 unspecified atom stereocenters. The van der Waals surface area contributed by atoms with Crippen LogP contribution in [-0.2, 0) is 30.4 Å². The lowest BCUT2D eigenvalue weighted by molar-refractivity contribution is -0.145. The number of alkyl carbamates (subject to hydrolysis) is 1. The summed E-state index contributed by atoms with van der Waals surface area (Å²) in [7, 11) is 0. The first-order chi connectivity index (χ1) is 12.6. The van der Waals surface area contributed by atoms with Crippen LogP contribution in [0.15, 0.2) is 30.3 Å². The largest absolute Gasteiger partial charge is 0.466 e. The van der Waals surface area contributed by atoms with E-state index in [1.165, 1.54) is 0 Å². The molecule has 0 fully saturated rings. The zero-order valence-corrected chi connectivity index (χ0v) is 15.4. The Bertz CT molecular complexity index is 560. The van der Waals surface area contributed by atoms with Crippen LogP contribution in [0.5, 0.6) is 0 Å². The van der Waals surface area contributed by atoms with Gasteiger partial charge in [-0.2, -0.15) is 0 Å². The van der Waals surface area contributed by atoms with Crippen LogP contribution in [-0.4, -0.2) is 37.3 Å². The van der Waals surface area contributed by atoms with Gasteiger partial charge in [0.2, 0.25) is 0 Å². The molecule has 0 bridgehead atoms. The molecule has 1 amide bonds. The Labute approximate surface area is 154 Å². The van der Waals surface area contributed by atoms with Gasteiger partial charge in [0.25, 0.3) is 0 Å². The topological polar surface area (TPSA) is 90.9 Å². The van der Waals surface area contributed by atoms with Crippen molar-refractivity contribution in [2.24, 2.45) is 0 Å². The Balaban J connectivity index is 2.42. The third kappa shape index (κ3) is 9.05. The van der Waals surface area contributed by atoms with Crippen molar-refractivity contribution in [3.63, 3.8) is 0 Å². The third-order valence-electron chi connectivity index (χ3n) is 3.50. The van der Waals surface area contributed by atoms with Gasteiger partial charge in [-0.1, -0.05) is 36.8 Å². The van der Waals surface area contributed by atoms with E-state index in [0.717, 1.165) is 5.56 Å². The number of hydrogen-bond donors (Lipinski definition) is 1. The molecule has 1 aromatic carbocycles. The molecule has 1 atom stereocenters. The molecule has 0 heterocycles. The second-order valence-electron chi connectivity index (χ2n) is 5.56. The minimum Gasteiger partial charge on any atom is -0.466 e. The van der Waals surface area contributed by atoms with Crippen LogP contribution in [0.2, 0.25) is 0 Å². The first-order valence-electron chi connectivity index (χ1n) is 8.86. The molecule has 0 radical (unpaired) electrons. The fourth-order valence-corrected chi connectivity index (χ4v) is 2.25. The van der Waals surface area contributed by atoms with Crippen LogP contribution in [0, 0.1) is 0 Å². The van der Waals surface area contributed by atoms with Gasteiger partial charge in [-0.05, 0) is 32.3 Å². The van der Waals surface area contributed by atoms with Gasteiger partial charge in [-0.15, -0.1) is 0 Å². The van der Waals surface area contributed by atoms with Crippen LogP contribution in [0.4, 0.5) is 4.79 Å². The van der Waals surface area contributed by atoms with Crippen molar-refractivity contribution in [1.29, 1.82) is 0 Å². The molecule has 0 aromatic heterocycles. The minimum atomic E-state index is -0.805. The second-order valence-corrected chi connectivity index (χ2v) is 5.56. The lowest BCUT2D eigenvalue weighted by atomic mass is 10.1. The predicted molar refractivity (Wildman–Crippen MR) is 95.3 cm³/mol. The standard InChI is InChI=1S/C19H27NO6/c1-3-24-17(21)13-9-8-12-16(18(22)25-4-2)20-19(23)26-14-15-10-6-5-7-11-15/h5-7,10-11,16H,3-4,8-9,12-14H2,1-2H3,(H,20,23). The first kappa shape index (κ1) is 21.5. The lowest BCUT2D eigenvalue weighted by Crippen LogP contribution is -2.42. The number of benzene rings is 1. The zero-order valence-electron chi connectivity index (χ0n) is 15.4. The van der Waals surface area contributed by atoms with E-state index in [4.69, 9.17) is 14.2 Å². The molecule has 144 valence electrons. The third-order valence-corrected chi connectivity index (χ3v) is 3.50. The Morgan fingerprint density at radius 2 is 1.65 bits per heavy atom. The molecule has 7 nitrogen and oxygen atoms in total. The molecular weight excluding hydrogens is 338 g/mol. The quantitative estimate of drug-likeness (QED) is 0.368. The highest BCUT2D eigenvalue weighted by molar-refractivity contribution is 5.81. The summed E-state index contributed by atoms with van der Waals surface area (Å²) in [5, 5.41) is 2.53. The minimum absolute atomic E-state index is 0.116. The molecule has 1 rings (SSSR count). The van der Waals surface area contributed by atoms with Crippen LogP contribution >= 0.6 is 0 Å². The van der Waals surface area contributed by atoms with Crippen molar-refractivity contribution in [3.8, 4) is 0 Å². The number of nitrogens with one attached hydrogen (secondary N) is 1. The van der Waals surface area contributed by atoms with Crippen LogP contribution in [0.25, 0.3) is 0 Å². The Morgan fingerprint density at radius 3 is 2.31 bits per heavy atom. The smallest absolute Gasteiger partial charge is 0.408 e. The molecule has 1 N–H and O–H groups in total. The SMILES string of the molecule is CCOC(=O)CCCCC(NC(=O)OCc1ccccc1)C(=O)OCC. The van der Waals surface area contributed by atoms with Gasteiger partial charge in [0.1, 0.15) is 12.6 Å². The van der Waals surface area contributed by atoms with Gasteiger partial charge >= 0.3 is 18.0 Å². The molecule has 0 aliphatic heterocycles. The van der Waals surface area contributed by atoms with E-state index in [9.17, 15) is 14.4 Å². The van der Waals surface area contributed by atoms with Gasteiger partial charge in [0.15, 0.2) is 0 Å². The Kier molecular flexibility index (Phi) is 10.5. The highest BCUT2D eigenvalue weighted by Crippen LogP contribution is 2.08. The summed E-state index contributed by atoms with van der Waals surface area (Å²) in [6, 6.07) is 8.44. The molecule has 0 saturated heterocycles. The van der Waals surface area contributed by atoms with Gasteiger partial charge in [-0.3, -0.25) is 4.79 Å². The summed E-state index contributed by atoms with van der Waals surface area (Å²) < 4.78 is 15.0. The lowest BCUT2D eigenvalue weighted by Gasteiger charge is -2.17. The van der Waals surface area contributed by atoms with Crippen molar-refractivity contribution >= 4 is 18.0 Å². The first-order valence-corrected chi connectivity index (χ1v) is 8.86. The fraction of sp³-hybridized carbons (Fsp3) is 0.526. The van der Waals surface area contributed by atoms with E-state index in [-0.39, 0.29) is 25.6 Å². The maximum absolute atomic E-state index is 12.0. The summed E-state index contributed by atoms with van der Waals surface area (Å²) in [5.41, 5.74) is 0.852. The van der Waals surface area contributed by atoms with E-state index in [1.54, 1.807) is 13.8 Å². The normalized spacial score (nSPS) is 11.3. The van der Waals surface area contributed by atoms with Crippen molar-refractivity contribution < 1.29 is 28.6 Å². The summed E-state index contributed by atoms with van der Waals surface area (Å²) >= 11 is 0. The average Bonchev–Trinajstić information content (AvgIpc) is 2.63. The monoisotopic (exact) mass is 365 g/mol. The van der Waals surface area contributed by atoms with Crippen LogP contribution in [0.1, 0.15) is 45.1 Å². The summed E-state index contributed by atoms with van der Waals surface area (Å²) in [5.74, 6) is -0.782. The molecule has 0 aliphatic carbocycles. The number of esters is 2. The maximum atomic E-state index is 12.0. The summed E-state index contributed by atoms with van der Waals surface area (Å²) in [6.07, 6.45) is 1.09. The number of hydrogen-bond acceptors (Lipinski definition) is 6. The van der Waals surface area contributed by atoms with Crippen molar-refractivity contribution in [2.75, 3.05) is 13.2 Å². The molecule has 7 heteroatoms. The highest BCUT2D eigenvalue weighted by Gasteiger charge is 2.22. The zero-order chi connectivity index (χ0) is 19.2. The van der Waals surface area contributed by atoms with E-state index in [0.29, 0.717) is 25.9 Å². The fourth-order valence-electron chi connectivity index (χ4n) is 2.25. The summed E-state index contributed by atoms with van der Waals surface area (Å²) in [4.78, 5) is 35.3. The maximum Gasteiger partial charge on any atom is 0.408 e. The van der Waals surface area contributed by atoms with Crippen molar-refractivity contribution in [1.82, 2.24) is 5.32 Å². The number of ether oxygens (including phenoxy) is 3. The van der Waals surface area contributed by atoms with Crippen molar-refractivity contribution in [2.45, 2.75) is 52.2 Å². The van der Waals surface area contributed by atoms with E-state index in [2.05, 4.69) is 5.32 Å². The number of rotatable bonds is 11. The van der Waals surface area contributed by atoms with Gasteiger partial charge in [0.05, 0.1) is 13.2 Å². The Morgan fingerprint density at radius 1 is 0.962 bits per heavy atom. The van der Waals surface area contributed by atoms with E-state index >= 15 is 0 Å². The number of unbranched alkanes of at least 4 members (excludes halogenated alkanes) is 1.